The highest BCUT2D eigenvalue weighted by atomic mass is 16.7. The van der Waals surface area contributed by atoms with Gasteiger partial charge in [0.05, 0.1) is 19.8 Å². The zero-order chi connectivity index (χ0) is 29.9. The molecule has 2 amide bonds. The lowest BCUT2D eigenvalue weighted by Crippen LogP contribution is -2.70. The summed E-state index contributed by atoms with van der Waals surface area (Å²) in [6.45, 7) is -0.0923. The van der Waals surface area contributed by atoms with Gasteiger partial charge in [-0.2, -0.15) is 0 Å². The smallest absolute Gasteiger partial charge is 0.217 e. The first kappa shape index (κ1) is 32.9. The molecule has 11 N–H and O–H groups in total. The maximum Gasteiger partial charge on any atom is 0.217 e. The van der Waals surface area contributed by atoms with Gasteiger partial charge in [-0.05, 0) is 0 Å². The summed E-state index contributed by atoms with van der Waals surface area (Å²) in [5, 5.41) is 96.4. The Kier molecular flexibility index (Phi) is 11.5. The van der Waals surface area contributed by atoms with Crippen LogP contribution in [-0.4, -0.2) is 170 Å². The Labute approximate surface area is 228 Å². The Morgan fingerprint density at radius 2 is 1.02 bits per heavy atom. The third-order valence-corrected chi connectivity index (χ3v) is 6.90. The van der Waals surface area contributed by atoms with E-state index in [4.69, 9.17) is 23.7 Å². The number of carbonyl (C=O) groups is 2. The molecule has 0 radical (unpaired) electrons. The third-order valence-electron chi connectivity index (χ3n) is 6.90. The van der Waals surface area contributed by atoms with E-state index in [-0.39, 0.29) is 0 Å². The van der Waals surface area contributed by atoms with Crippen LogP contribution in [0.2, 0.25) is 0 Å². The number of ether oxygens (including phenoxy) is 5. The van der Waals surface area contributed by atoms with E-state index < -0.39 is 124 Å². The van der Waals surface area contributed by atoms with Crippen LogP contribution in [-0.2, 0) is 33.3 Å². The highest BCUT2D eigenvalue weighted by molar-refractivity contribution is 5.73. The minimum Gasteiger partial charge on any atom is -0.394 e. The largest absolute Gasteiger partial charge is 0.394 e. The first-order valence-electron chi connectivity index (χ1n) is 12.6. The molecular formula is C22H38N2O16. The SMILES string of the molecule is CC(=O)N[C@H]1[C@H](O[C@@H]2C(O)O[C@H](CO)[C@@H](O)[C@@H]2O)O[C@H](CO)[C@@H](O[C@@H]2O[C@H](CO)[C@H](O)[C@H](O)[C@H]2NC(C)=O)[C@@H]1O. The second kappa shape index (κ2) is 14.0. The van der Waals surface area contributed by atoms with Gasteiger partial charge in [0.15, 0.2) is 18.9 Å². The molecule has 0 aromatic heterocycles. The fourth-order valence-electron chi connectivity index (χ4n) is 4.85. The molecular weight excluding hydrogens is 548 g/mol. The summed E-state index contributed by atoms with van der Waals surface area (Å²) < 4.78 is 27.6. The van der Waals surface area contributed by atoms with Crippen LogP contribution < -0.4 is 10.6 Å². The van der Waals surface area contributed by atoms with E-state index in [9.17, 15) is 55.5 Å². The van der Waals surface area contributed by atoms with Gasteiger partial charge in [0, 0.05) is 13.8 Å². The van der Waals surface area contributed by atoms with Crippen molar-refractivity contribution in [3.63, 3.8) is 0 Å². The van der Waals surface area contributed by atoms with Crippen LogP contribution in [0.4, 0.5) is 0 Å². The van der Waals surface area contributed by atoms with Crippen molar-refractivity contribution in [2.45, 2.75) is 106 Å². The maximum atomic E-state index is 12.0. The molecule has 40 heavy (non-hydrogen) atoms. The Bertz CT molecular complexity index is 854. The monoisotopic (exact) mass is 586 g/mol. The first-order valence-corrected chi connectivity index (χ1v) is 12.6. The normalized spacial score (nSPS) is 46.0. The molecule has 18 nitrogen and oxygen atoms in total. The standard InChI is InChI=1S/C22H38N2O16/c1-6(28)23-11-15(32)13(30)9(4-26)37-21(11)39-18-10(5-27)38-22(12(16(18)33)24-7(2)29)40-19-17(34)14(31)8(3-25)36-20(19)35/h8-22,25-27,30-35H,3-5H2,1-2H3,(H,23,28)(H,24,29)/t8-,9-,10-,11-,12-,13+,14-,15-,16-,17+,18-,19+,20?,21+,22+/m1/s1. The van der Waals surface area contributed by atoms with E-state index in [0.29, 0.717) is 0 Å². The average molecular weight is 587 g/mol. The molecule has 3 fully saturated rings. The molecule has 232 valence electrons. The lowest BCUT2D eigenvalue weighted by Gasteiger charge is -2.49. The van der Waals surface area contributed by atoms with Crippen molar-refractivity contribution >= 4 is 11.8 Å². The van der Waals surface area contributed by atoms with Gasteiger partial charge < -0.3 is 80.3 Å². The van der Waals surface area contributed by atoms with E-state index in [1.807, 2.05) is 0 Å². The Balaban J connectivity index is 1.86. The zero-order valence-electron chi connectivity index (χ0n) is 21.7. The predicted molar refractivity (Wildman–Crippen MR) is 124 cm³/mol. The summed E-state index contributed by atoms with van der Waals surface area (Å²) >= 11 is 0. The third kappa shape index (κ3) is 7.05. The topological polar surface area (TPSA) is 286 Å². The van der Waals surface area contributed by atoms with Gasteiger partial charge in [-0.3, -0.25) is 9.59 Å². The summed E-state index contributed by atoms with van der Waals surface area (Å²) in [6, 6.07) is -2.90. The van der Waals surface area contributed by atoms with Crippen molar-refractivity contribution in [3.05, 3.63) is 0 Å². The minimum atomic E-state index is -1.88. The molecule has 15 atom stereocenters. The van der Waals surface area contributed by atoms with Crippen molar-refractivity contribution in [1.29, 1.82) is 0 Å². The Hall–Kier alpha value is -1.62. The van der Waals surface area contributed by atoms with Crippen molar-refractivity contribution in [1.82, 2.24) is 10.6 Å². The molecule has 18 heteroatoms. The average Bonchev–Trinajstić information content (AvgIpc) is 2.90. The fourth-order valence-corrected chi connectivity index (χ4v) is 4.85. The second-order valence-corrected chi connectivity index (χ2v) is 9.81. The van der Waals surface area contributed by atoms with E-state index in [1.165, 1.54) is 0 Å². The van der Waals surface area contributed by atoms with Crippen LogP contribution in [0, 0.1) is 0 Å². The van der Waals surface area contributed by atoms with Crippen LogP contribution >= 0.6 is 0 Å². The molecule has 1 unspecified atom stereocenters. The summed E-state index contributed by atoms with van der Waals surface area (Å²) in [4.78, 5) is 23.7. The molecule has 0 aromatic rings. The van der Waals surface area contributed by atoms with E-state index in [0.717, 1.165) is 13.8 Å². The molecule has 0 saturated carbocycles. The van der Waals surface area contributed by atoms with Gasteiger partial charge in [0.1, 0.15) is 73.1 Å². The summed E-state index contributed by atoms with van der Waals surface area (Å²) in [7, 11) is 0. The molecule has 3 aliphatic heterocycles. The number of hydrogen-bond acceptors (Lipinski definition) is 16. The quantitative estimate of drug-likeness (QED) is 0.120. The number of aliphatic hydroxyl groups is 9. The number of nitrogens with one attached hydrogen (secondary N) is 2. The highest BCUT2D eigenvalue weighted by Crippen LogP contribution is 2.32. The number of amides is 2. The van der Waals surface area contributed by atoms with Gasteiger partial charge in [-0.1, -0.05) is 0 Å². The summed E-state index contributed by atoms with van der Waals surface area (Å²) in [5.41, 5.74) is 0. The lowest BCUT2D eigenvalue weighted by atomic mass is 9.94. The molecule has 3 aliphatic rings. The molecule has 0 spiro atoms. The molecule has 0 bridgehead atoms. The Morgan fingerprint density at radius 1 is 0.600 bits per heavy atom. The number of carbonyl (C=O) groups excluding carboxylic acids is 2. The summed E-state index contributed by atoms with van der Waals surface area (Å²) in [5.74, 6) is -1.33. The molecule has 3 saturated heterocycles. The van der Waals surface area contributed by atoms with Gasteiger partial charge in [0.25, 0.3) is 0 Å². The minimum absolute atomic E-state index is 0.642. The van der Waals surface area contributed by atoms with Gasteiger partial charge in [0.2, 0.25) is 11.8 Å². The predicted octanol–water partition coefficient (Wildman–Crippen LogP) is -7.29. The van der Waals surface area contributed by atoms with E-state index >= 15 is 0 Å². The molecule has 3 heterocycles. The summed E-state index contributed by atoms with van der Waals surface area (Å²) in [6.07, 6.45) is -21.1. The van der Waals surface area contributed by atoms with E-state index in [1.54, 1.807) is 0 Å². The van der Waals surface area contributed by atoms with Crippen LogP contribution in [0.3, 0.4) is 0 Å². The van der Waals surface area contributed by atoms with Gasteiger partial charge >= 0.3 is 0 Å². The first-order chi connectivity index (χ1) is 18.8. The van der Waals surface area contributed by atoms with Crippen LogP contribution in [0.15, 0.2) is 0 Å². The molecule has 0 aromatic carbocycles. The highest BCUT2D eigenvalue weighted by Gasteiger charge is 2.54. The van der Waals surface area contributed by atoms with Crippen molar-refractivity contribution in [2.24, 2.45) is 0 Å². The second-order valence-electron chi connectivity index (χ2n) is 9.81. The lowest BCUT2D eigenvalue weighted by molar-refractivity contribution is -0.362. The van der Waals surface area contributed by atoms with Crippen LogP contribution in [0.25, 0.3) is 0 Å². The number of hydrogen-bond donors (Lipinski definition) is 11. The fraction of sp³-hybridized carbons (Fsp3) is 0.909. The van der Waals surface area contributed by atoms with Crippen molar-refractivity contribution in [3.8, 4) is 0 Å². The Morgan fingerprint density at radius 3 is 1.52 bits per heavy atom. The van der Waals surface area contributed by atoms with Crippen LogP contribution in [0.1, 0.15) is 13.8 Å². The zero-order valence-corrected chi connectivity index (χ0v) is 21.7. The number of aliphatic hydroxyl groups excluding tert-OH is 9. The molecule has 3 rings (SSSR count). The van der Waals surface area contributed by atoms with Crippen LogP contribution in [0.5, 0.6) is 0 Å². The van der Waals surface area contributed by atoms with Gasteiger partial charge in [-0.15, -0.1) is 0 Å². The van der Waals surface area contributed by atoms with Crippen molar-refractivity contribution in [2.75, 3.05) is 19.8 Å². The number of rotatable bonds is 9. The van der Waals surface area contributed by atoms with E-state index in [2.05, 4.69) is 10.6 Å². The molecule has 0 aliphatic carbocycles. The maximum absolute atomic E-state index is 12.0. The van der Waals surface area contributed by atoms with Gasteiger partial charge in [-0.25, -0.2) is 0 Å². The van der Waals surface area contributed by atoms with Crippen molar-refractivity contribution < 1.29 is 79.2 Å².